The molecule has 4 rings (SSSR count). The molecule has 2 heterocycles. The molecule has 0 atom stereocenters. The van der Waals surface area contributed by atoms with Gasteiger partial charge in [0.15, 0.2) is 17.0 Å². The minimum atomic E-state index is -2.14. The lowest BCUT2D eigenvalue weighted by atomic mass is 9.78. The molecule has 0 aliphatic heterocycles. The van der Waals surface area contributed by atoms with E-state index in [1.54, 1.807) is 90.1 Å². The zero-order chi connectivity index (χ0) is 33.7. The van der Waals surface area contributed by atoms with Gasteiger partial charge in [0.05, 0.1) is 12.0 Å². The van der Waals surface area contributed by atoms with Crippen LogP contribution in [0.5, 0.6) is 5.75 Å². The second kappa shape index (κ2) is 13.8. The number of hydrogen-bond acceptors (Lipinski definition) is 10. The topological polar surface area (TPSA) is 140 Å². The van der Waals surface area contributed by atoms with Gasteiger partial charge in [-0.25, -0.2) is 4.68 Å². The second-order valence-electron chi connectivity index (χ2n) is 13.4. The molecule has 0 unspecified atom stereocenters. The third-order valence-electron chi connectivity index (χ3n) is 7.20. The molecule has 0 saturated heterocycles. The van der Waals surface area contributed by atoms with Crippen LogP contribution in [0.15, 0.2) is 57.7 Å². The van der Waals surface area contributed by atoms with Gasteiger partial charge in [-0.2, -0.15) is 0 Å². The summed E-state index contributed by atoms with van der Waals surface area (Å²) in [6.07, 6.45) is 2.09. The van der Waals surface area contributed by atoms with Crippen LogP contribution in [-0.4, -0.2) is 50.5 Å². The van der Waals surface area contributed by atoms with E-state index >= 15 is 0 Å². The van der Waals surface area contributed by atoms with Crippen LogP contribution in [0.4, 0.5) is 0 Å². The van der Waals surface area contributed by atoms with E-state index in [1.165, 1.54) is 0 Å². The lowest BCUT2D eigenvalue weighted by molar-refractivity contribution is -0.186. The number of ketones is 1. The Hall–Kier alpha value is -4.54. The van der Waals surface area contributed by atoms with Crippen molar-refractivity contribution in [2.75, 3.05) is 6.61 Å². The second-order valence-corrected chi connectivity index (χ2v) is 13.4. The van der Waals surface area contributed by atoms with E-state index in [2.05, 4.69) is 17.2 Å². The SMILES string of the molecule is CCCCCOc1ccc2cc(C(=O)CC(CCn3nnc4ccccc4c3=O)(C(=O)OC(C)(C)C)C(=O)OC(C)(C)C)oc2c1. The van der Waals surface area contributed by atoms with Crippen LogP contribution >= 0.6 is 0 Å². The maximum absolute atomic E-state index is 14.0. The average molecular weight is 634 g/mol. The number of Topliss-reactive ketones (excluding diaryl/α,β-unsaturated/α-hetero) is 1. The summed E-state index contributed by atoms with van der Waals surface area (Å²) in [6, 6.07) is 13.6. The Balaban J connectivity index is 1.72. The molecule has 246 valence electrons. The number of rotatable bonds is 13. The van der Waals surface area contributed by atoms with Gasteiger partial charge in [0.2, 0.25) is 0 Å². The molecular weight excluding hydrogens is 590 g/mol. The summed E-state index contributed by atoms with van der Waals surface area (Å²) in [5, 5.41) is 9.10. The van der Waals surface area contributed by atoms with E-state index in [9.17, 15) is 19.2 Å². The summed E-state index contributed by atoms with van der Waals surface area (Å²) in [4.78, 5) is 55.2. The predicted octanol–water partition coefficient (Wildman–Crippen LogP) is 6.44. The highest BCUT2D eigenvalue weighted by Gasteiger charge is 2.53. The molecule has 0 saturated carbocycles. The average Bonchev–Trinajstić information content (AvgIpc) is 3.40. The lowest BCUT2D eigenvalue weighted by Crippen LogP contribution is -2.49. The number of aromatic nitrogens is 3. The van der Waals surface area contributed by atoms with Crippen molar-refractivity contribution in [1.82, 2.24) is 15.0 Å². The number of carbonyl (C=O) groups excluding carboxylic acids is 3. The number of esters is 2. The largest absolute Gasteiger partial charge is 0.493 e. The quantitative estimate of drug-likeness (QED) is 0.0699. The van der Waals surface area contributed by atoms with E-state index in [1.807, 2.05) is 0 Å². The van der Waals surface area contributed by atoms with E-state index < -0.39 is 46.3 Å². The van der Waals surface area contributed by atoms with Crippen molar-refractivity contribution in [3.63, 3.8) is 0 Å². The summed E-state index contributed by atoms with van der Waals surface area (Å²) in [5.41, 5.74) is -3.76. The monoisotopic (exact) mass is 633 g/mol. The molecule has 0 aliphatic carbocycles. The molecule has 2 aromatic heterocycles. The molecule has 2 aromatic carbocycles. The molecule has 0 aliphatic rings. The minimum absolute atomic E-state index is 0.0442. The Labute approximate surface area is 268 Å². The number of fused-ring (bicyclic) bond motifs is 2. The number of nitrogens with zero attached hydrogens (tertiary/aromatic N) is 3. The van der Waals surface area contributed by atoms with Crippen LogP contribution < -0.4 is 10.3 Å². The first-order chi connectivity index (χ1) is 21.6. The highest BCUT2D eigenvalue weighted by molar-refractivity contribution is 6.08. The predicted molar refractivity (Wildman–Crippen MR) is 173 cm³/mol. The van der Waals surface area contributed by atoms with Crippen LogP contribution in [-0.2, 0) is 25.6 Å². The Bertz CT molecular complexity index is 1750. The van der Waals surface area contributed by atoms with Crippen LogP contribution in [0.1, 0.15) is 91.1 Å². The molecular formula is C35H43N3O8. The van der Waals surface area contributed by atoms with Gasteiger partial charge in [-0.15, -0.1) is 5.10 Å². The van der Waals surface area contributed by atoms with Crippen LogP contribution in [0.2, 0.25) is 0 Å². The smallest absolute Gasteiger partial charge is 0.324 e. The highest BCUT2D eigenvalue weighted by atomic mass is 16.6. The number of aryl methyl sites for hydroxylation is 1. The van der Waals surface area contributed by atoms with Crippen molar-refractivity contribution in [3.8, 4) is 5.75 Å². The third kappa shape index (κ3) is 8.38. The van der Waals surface area contributed by atoms with E-state index in [4.69, 9.17) is 18.6 Å². The maximum Gasteiger partial charge on any atom is 0.324 e. The number of benzene rings is 2. The van der Waals surface area contributed by atoms with Crippen LogP contribution in [0.25, 0.3) is 21.9 Å². The number of ether oxygens (including phenoxy) is 3. The summed E-state index contributed by atoms with van der Waals surface area (Å²) < 4.78 is 24.3. The van der Waals surface area contributed by atoms with Crippen molar-refractivity contribution in [3.05, 3.63) is 64.6 Å². The first-order valence-electron chi connectivity index (χ1n) is 15.6. The molecule has 0 N–H and O–H groups in total. The summed E-state index contributed by atoms with van der Waals surface area (Å²) in [6.45, 7) is 12.4. The number of hydrogen-bond donors (Lipinski definition) is 0. The Morgan fingerprint density at radius 3 is 2.22 bits per heavy atom. The van der Waals surface area contributed by atoms with Crippen molar-refractivity contribution in [1.29, 1.82) is 0 Å². The molecule has 11 nitrogen and oxygen atoms in total. The van der Waals surface area contributed by atoms with Gasteiger partial charge in [-0.05, 0) is 84.7 Å². The summed E-state index contributed by atoms with van der Waals surface area (Å²) >= 11 is 0. The van der Waals surface area contributed by atoms with Gasteiger partial charge < -0.3 is 18.6 Å². The van der Waals surface area contributed by atoms with E-state index in [0.29, 0.717) is 34.2 Å². The normalized spacial score (nSPS) is 12.3. The fourth-order valence-electron chi connectivity index (χ4n) is 4.88. The van der Waals surface area contributed by atoms with Crippen molar-refractivity contribution in [2.24, 2.45) is 5.41 Å². The van der Waals surface area contributed by atoms with Gasteiger partial charge in [-0.3, -0.25) is 19.2 Å². The number of unbranched alkanes of at least 4 members (excludes halogenated alkanes) is 2. The maximum atomic E-state index is 14.0. The van der Waals surface area contributed by atoms with Crippen LogP contribution in [0.3, 0.4) is 0 Å². The first-order valence-corrected chi connectivity index (χ1v) is 15.6. The molecule has 46 heavy (non-hydrogen) atoms. The zero-order valence-corrected chi connectivity index (χ0v) is 27.7. The Kier molecular flexibility index (Phi) is 10.3. The Morgan fingerprint density at radius 2 is 1.57 bits per heavy atom. The molecule has 0 spiro atoms. The van der Waals surface area contributed by atoms with E-state index in [0.717, 1.165) is 23.9 Å². The number of carbonyl (C=O) groups is 3. The molecule has 0 radical (unpaired) electrons. The summed E-state index contributed by atoms with van der Waals surface area (Å²) in [5.74, 6) is -1.96. The minimum Gasteiger partial charge on any atom is -0.493 e. The van der Waals surface area contributed by atoms with E-state index in [-0.39, 0.29) is 18.7 Å². The lowest BCUT2D eigenvalue weighted by Gasteiger charge is -2.34. The van der Waals surface area contributed by atoms with Crippen LogP contribution in [0, 0.1) is 5.41 Å². The van der Waals surface area contributed by atoms with Crippen molar-refractivity contribution >= 4 is 39.6 Å². The molecule has 0 bridgehead atoms. The molecule has 0 fully saturated rings. The first kappa shape index (κ1) is 34.3. The molecule has 11 heteroatoms. The van der Waals surface area contributed by atoms with Gasteiger partial charge in [0.1, 0.15) is 28.1 Å². The van der Waals surface area contributed by atoms with Gasteiger partial charge >= 0.3 is 11.9 Å². The molecule has 4 aromatic rings. The number of furan rings is 1. The fraction of sp³-hybridized carbons (Fsp3) is 0.486. The van der Waals surface area contributed by atoms with Crippen molar-refractivity contribution in [2.45, 2.75) is 98.3 Å². The van der Waals surface area contributed by atoms with Crippen molar-refractivity contribution < 1.29 is 33.0 Å². The van der Waals surface area contributed by atoms with Gasteiger partial charge in [0, 0.05) is 24.4 Å². The molecule has 0 amide bonds. The highest BCUT2D eigenvalue weighted by Crippen LogP contribution is 2.37. The fourth-order valence-corrected chi connectivity index (χ4v) is 4.88. The Morgan fingerprint density at radius 1 is 0.891 bits per heavy atom. The van der Waals surface area contributed by atoms with Gasteiger partial charge in [-0.1, -0.05) is 37.1 Å². The summed E-state index contributed by atoms with van der Waals surface area (Å²) in [7, 11) is 0. The standard InChI is InChI=1S/C35H43N3O8/c1-8-9-12-19-43-24-16-15-23-20-29(44-28(23)21-24)27(39)22-35(31(41)45-33(2,3)4,32(42)46-34(5,6)7)17-18-38-30(40)25-13-10-11-14-26(25)36-37-38/h10-11,13-16,20-21H,8-9,12,17-19,22H2,1-7H3. The third-order valence-corrected chi connectivity index (χ3v) is 7.20. The van der Waals surface area contributed by atoms with Gasteiger partial charge in [0.25, 0.3) is 5.56 Å². The zero-order valence-electron chi connectivity index (χ0n) is 27.7.